The number of ketones is 1. The van der Waals surface area contributed by atoms with Crippen LogP contribution in [0.4, 0.5) is 8.78 Å². The molecule has 0 amide bonds. The molecule has 1 unspecified atom stereocenters. The quantitative estimate of drug-likeness (QED) is 0.843. The summed E-state index contributed by atoms with van der Waals surface area (Å²) in [5.41, 5.74) is -0.186. The molecule has 0 aromatic heterocycles. The summed E-state index contributed by atoms with van der Waals surface area (Å²) in [6.07, 6.45) is 2.72. The number of nitrogens with zero attached hydrogens (tertiary/aromatic N) is 1. The van der Waals surface area contributed by atoms with Crippen LogP contribution in [-0.2, 0) is 0 Å². The molecule has 1 aromatic carbocycles. The zero-order chi connectivity index (χ0) is 14.5. The first kappa shape index (κ1) is 15.1. The Kier molecular flexibility index (Phi) is 5.20. The maximum Gasteiger partial charge on any atom is 0.179 e. The third kappa shape index (κ3) is 3.84. The Balaban J connectivity index is 1.98. The number of rotatable bonds is 5. The molecule has 0 saturated carbocycles. The van der Waals surface area contributed by atoms with Gasteiger partial charge in [0.2, 0.25) is 0 Å². The summed E-state index contributed by atoms with van der Waals surface area (Å²) >= 11 is 0. The zero-order valence-electron chi connectivity index (χ0n) is 11.3. The predicted octanol–water partition coefficient (Wildman–Crippen LogP) is 2.24. The lowest BCUT2D eigenvalue weighted by atomic mass is 9.95. The highest BCUT2D eigenvalue weighted by Gasteiger charge is 2.22. The van der Waals surface area contributed by atoms with Gasteiger partial charge in [-0.05, 0) is 49.9 Å². The van der Waals surface area contributed by atoms with Crippen LogP contribution in [0.5, 0.6) is 0 Å². The number of benzene rings is 1. The first-order valence-electron chi connectivity index (χ1n) is 6.91. The second-order valence-corrected chi connectivity index (χ2v) is 5.30. The fourth-order valence-electron chi connectivity index (χ4n) is 2.71. The van der Waals surface area contributed by atoms with E-state index in [1.165, 1.54) is 0 Å². The number of carbonyl (C=O) groups excluding carboxylic acids is 1. The van der Waals surface area contributed by atoms with Crippen molar-refractivity contribution >= 4 is 5.78 Å². The van der Waals surface area contributed by atoms with Gasteiger partial charge in [0.05, 0.1) is 12.1 Å². The lowest BCUT2D eigenvalue weighted by molar-refractivity contribution is 0.0867. The average Bonchev–Trinajstić information content (AvgIpc) is 2.42. The molecule has 1 aromatic rings. The van der Waals surface area contributed by atoms with Gasteiger partial charge in [-0.25, -0.2) is 8.78 Å². The molecule has 0 aliphatic carbocycles. The van der Waals surface area contributed by atoms with Crippen molar-refractivity contribution < 1.29 is 18.7 Å². The normalized spacial score (nSPS) is 20.1. The standard InChI is InChI=1S/C15H19F2NO2/c16-12-3-4-14(17)13(8-12)15(20)10-18-6-1-2-11(9-18)5-7-19/h3-4,8,11,19H,1-2,5-7,9-10H2. The summed E-state index contributed by atoms with van der Waals surface area (Å²) in [6.45, 7) is 1.75. The highest BCUT2D eigenvalue weighted by molar-refractivity contribution is 5.97. The van der Waals surface area contributed by atoms with E-state index in [0.29, 0.717) is 5.92 Å². The zero-order valence-corrected chi connectivity index (χ0v) is 11.3. The highest BCUT2D eigenvalue weighted by Crippen LogP contribution is 2.20. The number of hydrogen-bond acceptors (Lipinski definition) is 3. The van der Waals surface area contributed by atoms with Crippen molar-refractivity contribution in [3.8, 4) is 0 Å². The minimum Gasteiger partial charge on any atom is -0.396 e. The Morgan fingerprint density at radius 2 is 2.20 bits per heavy atom. The molecule has 1 atom stereocenters. The van der Waals surface area contributed by atoms with E-state index in [4.69, 9.17) is 5.11 Å². The molecule has 1 heterocycles. The summed E-state index contributed by atoms with van der Waals surface area (Å²) in [6, 6.07) is 2.93. The summed E-state index contributed by atoms with van der Waals surface area (Å²) in [5.74, 6) is -1.31. The van der Waals surface area contributed by atoms with Gasteiger partial charge >= 0.3 is 0 Å². The van der Waals surface area contributed by atoms with E-state index >= 15 is 0 Å². The molecule has 1 fully saturated rings. The van der Waals surface area contributed by atoms with Crippen molar-refractivity contribution in [2.45, 2.75) is 19.3 Å². The second kappa shape index (κ2) is 6.90. The number of aliphatic hydroxyl groups excluding tert-OH is 1. The lowest BCUT2D eigenvalue weighted by Crippen LogP contribution is -2.39. The van der Waals surface area contributed by atoms with Crippen molar-refractivity contribution in [3.63, 3.8) is 0 Å². The monoisotopic (exact) mass is 283 g/mol. The number of Topliss-reactive ketones (excluding diaryl/α,β-unsaturated/α-hetero) is 1. The smallest absolute Gasteiger partial charge is 0.179 e. The highest BCUT2D eigenvalue weighted by atomic mass is 19.1. The van der Waals surface area contributed by atoms with E-state index in [1.54, 1.807) is 0 Å². The number of piperidine rings is 1. The maximum absolute atomic E-state index is 13.5. The molecule has 1 N–H and O–H groups in total. The Hall–Kier alpha value is -1.33. The van der Waals surface area contributed by atoms with Crippen molar-refractivity contribution in [2.75, 3.05) is 26.2 Å². The second-order valence-electron chi connectivity index (χ2n) is 5.30. The van der Waals surface area contributed by atoms with Crippen LogP contribution in [0.25, 0.3) is 0 Å². The van der Waals surface area contributed by atoms with Gasteiger partial charge in [0.1, 0.15) is 11.6 Å². The van der Waals surface area contributed by atoms with E-state index in [9.17, 15) is 13.6 Å². The van der Waals surface area contributed by atoms with Crippen LogP contribution < -0.4 is 0 Å². The number of carbonyl (C=O) groups is 1. The van der Waals surface area contributed by atoms with Crippen LogP contribution in [0.1, 0.15) is 29.6 Å². The molecule has 0 bridgehead atoms. The lowest BCUT2D eigenvalue weighted by Gasteiger charge is -2.31. The molecule has 2 rings (SSSR count). The van der Waals surface area contributed by atoms with Crippen LogP contribution >= 0.6 is 0 Å². The van der Waals surface area contributed by atoms with E-state index in [-0.39, 0.29) is 18.7 Å². The minimum atomic E-state index is -0.680. The Morgan fingerprint density at radius 1 is 1.40 bits per heavy atom. The van der Waals surface area contributed by atoms with Crippen molar-refractivity contribution in [1.82, 2.24) is 4.90 Å². The Morgan fingerprint density at radius 3 is 2.95 bits per heavy atom. The molecule has 1 aliphatic rings. The molecule has 1 aliphatic heterocycles. The van der Waals surface area contributed by atoms with Gasteiger partial charge < -0.3 is 5.11 Å². The maximum atomic E-state index is 13.5. The Bertz CT molecular complexity index is 477. The first-order valence-corrected chi connectivity index (χ1v) is 6.91. The van der Waals surface area contributed by atoms with Gasteiger partial charge in [0, 0.05) is 13.2 Å². The predicted molar refractivity (Wildman–Crippen MR) is 71.6 cm³/mol. The van der Waals surface area contributed by atoms with Gasteiger partial charge in [-0.1, -0.05) is 0 Å². The third-order valence-corrected chi connectivity index (χ3v) is 3.74. The van der Waals surface area contributed by atoms with Crippen LogP contribution in [0, 0.1) is 17.6 Å². The van der Waals surface area contributed by atoms with Gasteiger partial charge in [0.25, 0.3) is 0 Å². The molecule has 5 heteroatoms. The fraction of sp³-hybridized carbons (Fsp3) is 0.533. The molecule has 3 nitrogen and oxygen atoms in total. The van der Waals surface area contributed by atoms with Crippen LogP contribution in [0.2, 0.25) is 0 Å². The number of aliphatic hydroxyl groups is 1. The van der Waals surface area contributed by atoms with E-state index in [1.807, 2.05) is 4.90 Å². The van der Waals surface area contributed by atoms with Crippen LogP contribution in [0.3, 0.4) is 0 Å². The van der Waals surface area contributed by atoms with E-state index < -0.39 is 17.4 Å². The van der Waals surface area contributed by atoms with E-state index in [2.05, 4.69) is 0 Å². The van der Waals surface area contributed by atoms with Gasteiger partial charge in [0.15, 0.2) is 5.78 Å². The van der Waals surface area contributed by atoms with Crippen molar-refractivity contribution in [3.05, 3.63) is 35.4 Å². The number of hydrogen-bond donors (Lipinski definition) is 1. The molecule has 0 radical (unpaired) electrons. The number of halogens is 2. The summed E-state index contributed by atoms with van der Waals surface area (Å²) in [4.78, 5) is 14.0. The third-order valence-electron chi connectivity index (χ3n) is 3.74. The topological polar surface area (TPSA) is 40.5 Å². The summed E-state index contributed by atoms with van der Waals surface area (Å²) in [7, 11) is 0. The molecular formula is C15H19F2NO2. The first-order chi connectivity index (χ1) is 9.60. The van der Waals surface area contributed by atoms with Gasteiger partial charge in [-0.2, -0.15) is 0 Å². The largest absolute Gasteiger partial charge is 0.396 e. The SMILES string of the molecule is O=C(CN1CCCC(CCO)C1)c1cc(F)ccc1F. The summed E-state index contributed by atoms with van der Waals surface area (Å²) < 4.78 is 26.6. The van der Waals surface area contributed by atoms with Gasteiger partial charge in [-0.3, -0.25) is 9.69 Å². The Labute approximate surface area is 117 Å². The molecule has 0 spiro atoms. The number of likely N-dealkylation sites (tertiary alicyclic amines) is 1. The molecule has 1 saturated heterocycles. The van der Waals surface area contributed by atoms with Crippen molar-refractivity contribution in [2.24, 2.45) is 5.92 Å². The van der Waals surface area contributed by atoms with Crippen LogP contribution in [-0.4, -0.2) is 42.0 Å². The van der Waals surface area contributed by atoms with E-state index in [0.717, 1.165) is 50.6 Å². The molecule has 110 valence electrons. The fourth-order valence-corrected chi connectivity index (χ4v) is 2.71. The average molecular weight is 283 g/mol. The van der Waals surface area contributed by atoms with Crippen LogP contribution in [0.15, 0.2) is 18.2 Å². The van der Waals surface area contributed by atoms with Crippen molar-refractivity contribution in [1.29, 1.82) is 0 Å². The van der Waals surface area contributed by atoms with Gasteiger partial charge in [-0.15, -0.1) is 0 Å². The minimum absolute atomic E-state index is 0.0995. The molecule has 20 heavy (non-hydrogen) atoms. The summed E-state index contributed by atoms with van der Waals surface area (Å²) in [5, 5.41) is 8.95. The molecular weight excluding hydrogens is 264 g/mol.